The molecule has 0 radical (unpaired) electrons. The fourth-order valence-electron chi connectivity index (χ4n) is 1.83. The highest BCUT2D eigenvalue weighted by atomic mass is 79.9. The molecule has 3 nitrogen and oxygen atoms in total. The third-order valence-electron chi connectivity index (χ3n) is 2.91. The average Bonchev–Trinajstić information content (AvgIpc) is 2.36. The van der Waals surface area contributed by atoms with Crippen molar-refractivity contribution in [2.45, 2.75) is 20.8 Å². The summed E-state index contributed by atoms with van der Waals surface area (Å²) in [6, 6.07) is 9.38. The van der Waals surface area contributed by atoms with Gasteiger partial charge < -0.3 is 5.32 Å². The lowest BCUT2D eigenvalue weighted by Crippen LogP contribution is -2.14. The van der Waals surface area contributed by atoms with Gasteiger partial charge in [0.2, 0.25) is 0 Å². The van der Waals surface area contributed by atoms with Gasteiger partial charge >= 0.3 is 0 Å². The monoisotopic (exact) mass is 318 g/mol. The number of amides is 1. The van der Waals surface area contributed by atoms with E-state index in [-0.39, 0.29) is 5.91 Å². The van der Waals surface area contributed by atoms with Gasteiger partial charge in [0.25, 0.3) is 5.91 Å². The molecule has 0 atom stereocenters. The van der Waals surface area contributed by atoms with E-state index in [1.807, 2.05) is 45.0 Å². The SMILES string of the molecule is Cc1ccc(NC(=O)c2cccc(C)c2Br)c(C)n1. The minimum Gasteiger partial charge on any atom is -0.320 e. The molecule has 0 bridgehead atoms. The van der Waals surface area contributed by atoms with Crippen LogP contribution >= 0.6 is 15.9 Å². The largest absolute Gasteiger partial charge is 0.320 e. The molecule has 98 valence electrons. The van der Waals surface area contributed by atoms with E-state index in [1.54, 1.807) is 6.07 Å². The Hall–Kier alpha value is -1.68. The third-order valence-corrected chi connectivity index (χ3v) is 3.96. The van der Waals surface area contributed by atoms with Gasteiger partial charge in [-0.15, -0.1) is 0 Å². The molecule has 0 aliphatic carbocycles. The van der Waals surface area contributed by atoms with Crippen LogP contribution in [0.4, 0.5) is 5.69 Å². The fourth-order valence-corrected chi connectivity index (χ4v) is 2.28. The molecule has 0 aliphatic rings. The summed E-state index contributed by atoms with van der Waals surface area (Å²) in [4.78, 5) is 16.6. The Labute approximate surface area is 121 Å². The second-order valence-electron chi connectivity index (χ2n) is 4.48. The van der Waals surface area contributed by atoms with Crippen molar-refractivity contribution in [3.8, 4) is 0 Å². The van der Waals surface area contributed by atoms with Gasteiger partial charge in [0, 0.05) is 10.2 Å². The summed E-state index contributed by atoms with van der Waals surface area (Å²) in [5.41, 5.74) is 4.15. The molecule has 0 aliphatic heterocycles. The van der Waals surface area contributed by atoms with Gasteiger partial charge in [-0.05, 0) is 60.5 Å². The summed E-state index contributed by atoms with van der Waals surface area (Å²) in [5, 5.41) is 2.89. The summed E-state index contributed by atoms with van der Waals surface area (Å²) >= 11 is 3.45. The first-order valence-corrected chi connectivity index (χ1v) is 6.79. The van der Waals surface area contributed by atoms with Crippen LogP contribution in [0.25, 0.3) is 0 Å². The van der Waals surface area contributed by atoms with Crippen molar-refractivity contribution in [2.75, 3.05) is 5.32 Å². The van der Waals surface area contributed by atoms with Crippen LogP contribution in [0, 0.1) is 20.8 Å². The van der Waals surface area contributed by atoms with Crippen LogP contribution in [0.5, 0.6) is 0 Å². The number of hydrogen-bond donors (Lipinski definition) is 1. The number of carbonyl (C=O) groups is 1. The quantitative estimate of drug-likeness (QED) is 0.908. The minimum absolute atomic E-state index is 0.135. The van der Waals surface area contributed by atoms with Gasteiger partial charge in [0.05, 0.1) is 16.9 Å². The first-order valence-electron chi connectivity index (χ1n) is 6.00. The molecule has 1 N–H and O–H groups in total. The maximum atomic E-state index is 12.3. The molecular weight excluding hydrogens is 304 g/mol. The van der Waals surface area contributed by atoms with Crippen molar-refractivity contribution < 1.29 is 4.79 Å². The van der Waals surface area contributed by atoms with Crippen LogP contribution in [-0.2, 0) is 0 Å². The number of rotatable bonds is 2. The van der Waals surface area contributed by atoms with Crippen LogP contribution in [0.15, 0.2) is 34.8 Å². The lowest BCUT2D eigenvalue weighted by molar-refractivity contribution is 0.102. The van der Waals surface area contributed by atoms with Gasteiger partial charge in [-0.1, -0.05) is 12.1 Å². The van der Waals surface area contributed by atoms with E-state index < -0.39 is 0 Å². The molecule has 1 aromatic carbocycles. The van der Waals surface area contributed by atoms with Crippen LogP contribution in [0.2, 0.25) is 0 Å². The third kappa shape index (κ3) is 3.01. The van der Waals surface area contributed by atoms with Crippen LogP contribution in [0.1, 0.15) is 27.3 Å². The van der Waals surface area contributed by atoms with E-state index in [9.17, 15) is 4.79 Å². The standard InChI is InChI=1S/C15H15BrN2O/c1-9-5-4-6-12(14(9)16)15(19)18-13-8-7-10(2)17-11(13)3/h4-8H,1-3H3,(H,18,19). The Balaban J connectivity index is 2.28. The predicted molar refractivity (Wildman–Crippen MR) is 80.5 cm³/mol. The molecule has 1 aromatic heterocycles. The molecular formula is C15H15BrN2O. The number of halogens is 1. The zero-order valence-corrected chi connectivity index (χ0v) is 12.7. The highest BCUT2D eigenvalue weighted by Gasteiger charge is 2.12. The van der Waals surface area contributed by atoms with E-state index >= 15 is 0 Å². The number of anilines is 1. The molecule has 2 aromatic rings. The predicted octanol–water partition coefficient (Wildman–Crippen LogP) is 4.02. The summed E-state index contributed by atoms with van der Waals surface area (Å²) in [7, 11) is 0. The van der Waals surface area contributed by atoms with Gasteiger partial charge in [0.15, 0.2) is 0 Å². The molecule has 0 saturated carbocycles. The second-order valence-corrected chi connectivity index (χ2v) is 5.27. The number of nitrogens with zero attached hydrogens (tertiary/aromatic N) is 1. The number of hydrogen-bond acceptors (Lipinski definition) is 2. The zero-order valence-electron chi connectivity index (χ0n) is 11.1. The normalized spacial score (nSPS) is 10.3. The second kappa shape index (κ2) is 5.53. The van der Waals surface area contributed by atoms with Crippen molar-refractivity contribution in [1.29, 1.82) is 0 Å². The number of aromatic nitrogens is 1. The number of nitrogens with one attached hydrogen (secondary N) is 1. The first-order chi connectivity index (χ1) is 8.99. The van der Waals surface area contributed by atoms with Gasteiger partial charge in [-0.2, -0.15) is 0 Å². The Morgan fingerprint density at radius 1 is 1.16 bits per heavy atom. The lowest BCUT2D eigenvalue weighted by atomic mass is 10.1. The van der Waals surface area contributed by atoms with E-state index in [2.05, 4.69) is 26.2 Å². The lowest BCUT2D eigenvalue weighted by Gasteiger charge is -2.10. The molecule has 1 heterocycles. The van der Waals surface area contributed by atoms with Crippen molar-refractivity contribution in [3.63, 3.8) is 0 Å². The highest BCUT2D eigenvalue weighted by Crippen LogP contribution is 2.22. The van der Waals surface area contributed by atoms with E-state index in [0.29, 0.717) is 5.56 Å². The highest BCUT2D eigenvalue weighted by molar-refractivity contribution is 9.10. The zero-order chi connectivity index (χ0) is 14.0. The van der Waals surface area contributed by atoms with Crippen molar-refractivity contribution in [1.82, 2.24) is 4.98 Å². The van der Waals surface area contributed by atoms with E-state index in [4.69, 9.17) is 0 Å². The molecule has 2 rings (SSSR count). The molecule has 0 spiro atoms. The van der Waals surface area contributed by atoms with Crippen LogP contribution in [0.3, 0.4) is 0 Å². The van der Waals surface area contributed by atoms with Crippen molar-refractivity contribution in [2.24, 2.45) is 0 Å². The number of aryl methyl sites for hydroxylation is 3. The fraction of sp³-hybridized carbons (Fsp3) is 0.200. The topological polar surface area (TPSA) is 42.0 Å². The maximum absolute atomic E-state index is 12.3. The average molecular weight is 319 g/mol. The summed E-state index contributed by atoms with van der Waals surface area (Å²) in [5.74, 6) is -0.135. The number of benzene rings is 1. The molecule has 0 unspecified atom stereocenters. The van der Waals surface area contributed by atoms with Crippen molar-refractivity contribution in [3.05, 3.63) is 57.3 Å². The van der Waals surface area contributed by atoms with Gasteiger partial charge in [-0.3, -0.25) is 9.78 Å². The summed E-state index contributed by atoms with van der Waals surface area (Å²) in [6.07, 6.45) is 0. The van der Waals surface area contributed by atoms with Crippen molar-refractivity contribution >= 4 is 27.5 Å². The minimum atomic E-state index is -0.135. The van der Waals surface area contributed by atoms with E-state index in [1.165, 1.54) is 0 Å². The molecule has 0 saturated heterocycles. The Morgan fingerprint density at radius 3 is 2.58 bits per heavy atom. The number of pyridine rings is 1. The van der Waals surface area contributed by atoms with Crippen LogP contribution < -0.4 is 5.32 Å². The smallest absolute Gasteiger partial charge is 0.256 e. The Kier molecular flexibility index (Phi) is 4.00. The van der Waals surface area contributed by atoms with Crippen LogP contribution in [-0.4, -0.2) is 10.9 Å². The molecule has 0 fully saturated rings. The molecule has 1 amide bonds. The maximum Gasteiger partial charge on any atom is 0.256 e. The van der Waals surface area contributed by atoms with E-state index in [0.717, 1.165) is 27.1 Å². The summed E-state index contributed by atoms with van der Waals surface area (Å²) < 4.78 is 0.824. The number of carbonyl (C=O) groups excluding carboxylic acids is 1. The first kappa shape index (κ1) is 13.7. The van der Waals surface area contributed by atoms with Gasteiger partial charge in [-0.25, -0.2) is 0 Å². The molecule has 4 heteroatoms. The summed E-state index contributed by atoms with van der Waals surface area (Å²) in [6.45, 7) is 5.77. The Bertz CT molecular complexity index is 638. The molecule has 19 heavy (non-hydrogen) atoms. The van der Waals surface area contributed by atoms with Gasteiger partial charge in [0.1, 0.15) is 0 Å². The Morgan fingerprint density at radius 2 is 1.89 bits per heavy atom.